The second kappa shape index (κ2) is 6.66. The molecule has 0 bridgehead atoms. The fourth-order valence-electron chi connectivity index (χ4n) is 3.48. The molecular formula is C16H25F3N2O4. The Labute approximate surface area is 144 Å². The lowest BCUT2D eigenvalue weighted by Gasteiger charge is -2.52. The number of alkyl halides is 3. The van der Waals surface area contributed by atoms with Crippen LogP contribution in [0.3, 0.4) is 0 Å². The first-order valence-electron chi connectivity index (χ1n) is 8.34. The van der Waals surface area contributed by atoms with Crippen LogP contribution >= 0.6 is 0 Å². The molecule has 25 heavy (non-hydrogen) atoms. The van der Waals surface area contributed by atoms with Gasteiger partial charge < -0.3 is 20.1 Å². The first-order valence-corrected chi connectivity index (χ1v) is 8.34. The number of aliphatic carboxylic acids is 1. The summed E-state index contributed by atoms with van der Waals surface area (Å²) in [5.74, 6) is -5.20. The smallest absolute Gasteiger partial charge is 0.394 e. The number of nitrogens with zero attached hydrogens (tertiary/aromatic N) is 1. The van der Waals surface area contributed by atoms with Crippen molar-refractivity contribution in [3.63, 3.8) is 0 Å². The van der Waals surface area contributed by atoms with Gasteiger partial charge in [0.25, 0.3) is 0 Å². The molecule has 6 nitrogen and oxygen atoms in total. The van der Waals surface area contributed by atoms with Crippen LogP contribution in [-0.2, 0) is 9.53 Å². The average Bonchev–Trinajstić information content (AvgIpc) is 2.91. The third kappa shape index (κ3) is 4.02. The zero-order valence-electron chi connectivity index (χ0n) is 14.8. The van der Waals surface area contributed by atoms with Crippen molar-refractivity contribution >= 4 is 12.0 Å². The number of carboxylic acid groups (broad SMARTS) is 1. The molecule has 4 atom stereocenters. The minimum atomic E-state index is -4.65. The van der Waals surface area contributed by atoms with Crippen molar-refractivity contribution in [2.24, 2.45) is 17.3 Å². The third-order valence-electron chi connectivity index (χ3n) is 5.26. The molecule has 144 valence electrons. The van der Waals surface area contributed by atoms with Crippen LogP contribution in [0.1, 0.15) is 34.1 Å². The number of ether oxygens (including phenoxy) is 1. The summed E-state index contributed by atoms with van der Waals surface area (Å²) >= 11 is 0. The van der Waals surface area contributed by atoms with Crippen molar-refractivity contribution in [1.29, 1.82) is 0 Å². The zero-order chi connectivity index (χ0) is 19.2. The molecule has 0 aromatic rings. The first-order chi connectivity index (χ1) is 11.3. The van der Waals surface area contributed by atoms with Gasteiger partial charge >= 0.3 is 18.2 Å². The Morgan fingerprint density at radius 1 is 1.28 bits per heavy atom. The van der Waals surface area contributed by atoms with Crippen LogP contribution in [0.4, 0.5) is 18.0 Å². The molecule has 2 rings (SSSR count). The van der Waals surface area contributed by atoms with Crippen LogP contribution in [0.5, 0.6) is 0 Å². The van der Waals surface area contributed by atoms with Crippen LogP contribution in [0.2, 0.25) is 0 Å². The molecule has 2 amide bonds. The lowest BCUT2D eigenvalue weighted by molar-refractivity contribution is -0.187. The Morgan fingerprint density at radius 3 is 2.28 bits per heavy atom. The predicted molar refractivity (Wildman–Crippen MR) is 83.0 cm³/mol. The van der Waals surface area contributed by atoms with E-state index in [1.807, 2.05) is 27.7 Å². The number of carboxylic acids is 1. The monoisotopic (exact) mass is 366 g/mol. The second-order valence-electron chi connectivity index (χ2n) is 7.73. The number of hydrogen-bond donors (Lipinski definition) is 2. The Kier molecular flexibility index (Phi) is 5.28. The normalized spacial score (nSPS) is 31.8. The summed E-state index contributed by atoms with van der Waals surface area (Å²) in [5.41, 5.74) is -0.338. The van der Waals surface area contributed by atoms with Crippen LogP contribution in [0.25, 0.3) is 0 Å². The van der Waals surface area contributed by atoms with Gasteiger partial charge in [0.05, 0.1) is 24.0 Å². The van der Waals surface area contributed by atoms with Crippen molar-refractivity contribution in [3.8, 4) is 0 Å². The number of nitrogens with one attached hydrogen (secondary N) is 1. The van der Waals surface area contributed by atoms with Crippen LogP contribution in [0, 0.1) is 17.3 Å². The van der Waals surface area contributed by atoms with E-state index >= 15 is 0 Å². The highest BCUT2D eigenvalue weighted by Crippen LogP contribution is 2.44. The van der Waals surface area contributed by atoms with Gasteiger partial charge in [0, 0.05) is 24.5 Å². The Balaban J connectivity index is 1.97. The standard InChI is InChI=1S/C16H25F3N2O4/c1-8(2)25-12-5-11(15(12,3)4)20-14(24)21-6-9(13(22)23)10(7-21)16(17,18)19/h8-12H,5-7H2,1-4H3,(H,20,24)(H,22,23)/t9-,10-,11?,12?/m1/s1. The molecule has 2 N–H and O–H groups in total. The summed E-state index contributed by atoms with van der Waals surface area (Å²) < 4.78 is 44.8. The van der Waals surface area contributed by atoms with Gasteiger partial charge in [-0.1, -0.05) is 13.8 Å². The first kappa shape index (κ1) is 19.8. The highest BCUT2D eigenvalue weighted by atomic mass is 19.4. The van der Waals surface area contributed by atoms with Gasteiger partial charge in [-0.15, -0.1) is 0 Å². The van der Waals surface area contributed by atoms with Gasteiger partial charge in [-0.3, -0.25) is 4.79 Å². The average molecular weight is 366 g/mol. The topological polar surface area (TPSA) is 78.9 Å². The van der Waals surface area contributed by atoms with Gasteiger partial charge in [0.2, 0.25) is 0 Å². The molecule has 2 aliphatic rings. The van der Waals surface area contributed by atoms with Gasteiger partial charge in [0.1, 0.15) is 0 Å². The summed E-state index contributed by atoms with van der Waals surface area (Å²) in [4.78, 5) is 24.4. The Morgan fingerprint density at radius 2 is 1.88 bits per heavy atom. The van der Waals surface area contributed by atoms with E-state index in [2.05, 4.69) is 5.32 Å². The molecule has 0 spiro atoms. The Hall–Kier alpha value is -1.51. The molecule has 2 fully saturated rings. The van der Waals surface area contributed by atoms with Gasteiger partial charge in [0.15, 0.2) is 0 Å². The second-order valence-corrected chi connectivity index (χ2v) is 7.73. The molecule has 1 heterocycles. The maximum atomic E-state index is 13.0. The molecular weight excluding hydrogens is 341 g/mol. The SMILES string of the molecule is CC(C)OC1CC(NC(=O)N2C[C@@H](C(F)(F)F)[C@H](C(=O)O)C2)C1(C)C. The summed E-state index contributed by atoms with van der Waals surface area (Å²) in [6.45, 7) is 6.61. The molecule has 0 radical (unpaired) electrons. The molecule has 1 aliphatic heterocycles. The molecule has 1 aliphatic carbocycles. The van der Waals surface area contributed by atoms with Crippen molar-refractivity contribution in [3.05, 3.63) is 0 Å². The predicted octanol–water partition coefficient (Wildman–Crippen LogP) is 2.48. The van der Waals surface area contributed by atoms with E-state index in [9.17, 15) is 22.8 Å². The summed E-state index contributed by atoms with van der Waals surface area (Å²) in [6, 6.07) is -0.879. The number of carbonyl (C=O) groups excluding carboxylic acids is 1. The highest BCUT2D eigenvalue weighted by molar-refractivity contribution is 5.78. The van der Waals surface area contributed by atoms with Crippen molar-refractivity contribution in [2.75, 3.05) is 13.1 Å². The van der Waals surface area contributed by atoms with E-state index < -0.39 is 43.1 Å². The van der Waals surface area contributed by atoms with Gasteiger partial charge in [-0.25, -0.2) is 4.79 Å². The molecule has 0 aromatic heterocycles. The summed E-state index contributed by atoms with van der Waals surface area (Å²) in [5, 5.41) is 11.7. The Bertz CT molecular complexity index is 536. The maximum Gasteiger partial charge on any atom is 0.394 e. The third-order valence-corrected chi connectivity index (χ3v) is 5.26. The maximum absolute atomic E-state index is 13.0. The van der Waals surface area contributed by atoms with Crippen LogP contribution in [0.15, 0.2) is 0 Å². The lowest BCUT2D eigenvalue weighted by atomic mass is 9.64. The molecule has 9 heteroatoms. The van der Waals surface area contributed by atoms with E-state index in [-0.39, 0.29) is 23.7 Å². The minimum absolute atomic E-state index is 0.0360. The number of rotatable bonds is 4. The minimum Gasteiger partial charge on any atom is -0.481 e. The van der Waals surface area contributed by atoms with Gasteiger partial charge in [-0.05, 0) is 20.3 Å². The largest absolute Gasteiger partial charge is 0.481 e. The molecule has 2 unspecified atom stereocenters. The number of halogens is 3. The van der Waals surface area contributed by atoms with E-state index in [1.54, 1.807) is 0 Å². The fraction of sp³-hybridized carbons (Fsp3) is 0.875. The summed E-state index contributed by atoms with van der Waals surface area (Å²) in [6.07, 6.45) is -4.06. The number of carbonyl (C=O) groups is 2. The van der Waals surface area contributed by atoms with Crippen molar-refractivity contribution in [1.82, 2.24) is 10.2 Å². The van der Waals surface area contributed by atoms with Crippen LogP contribution < -0.4 is 5.32 Å². The molecule has 1 saturated heterocycles. The number of urea groups is 1. The molecule has 1 saturated carbocycles. The fourth-order valence-corrected chi connectivity index (χ4v) is 3.48. The van der Waals surface area contributed by atoms with E-state index in [1.165, 1.54) is 0 Å². The van der Waals surface area contributed by atoms with Crippen molar-refractivity contribution in [2.45, 2.75) is 58.5 Å². The quantitative estimate of drug-likeness (QED) is 0.801. The van der Waals surface area contributed by atoms with Crippen molar-refractivity contribution < 1.29 is 32.6 Å². The molecule has 0 aromatic carbocycles. The zero-order valence-corrected chi connectivity index (χ0v) is 14.8. The number of likely N-dealkylation sites (tertiary alicyclic amines) is 1. The van der Waals surface area contributed by atoms with Gasteiger partial charge in [-0.2, -0.15) is 13.2 Å². The summed E-state index contributed by atoms with van der Waals surface area (Å²) in [7, 11) is 0. The van der Waals surface area contributed by atoms with E-state index in [0.717, 1.165) is 4.90 Å². The lowest BCUT2D eigenvalue weighted by Crippen LogP contribution is -2.63. The number of hydrogen-bond acceptors (Lipinski definition) is 3. The van der Waals surface area contributed by atoms with E-state index in [4.69, 9.17) is 9.84 Å². The van der Waals surface area contributed by atoms with E-state index in [0.29, 0.717) is 6.42 Å². The highest BCUT2D eigenvalue weighted by Gasteiger charge is 2.55. The number of amides is 2. The van der Waals surface area contributed by atoms with Crippen LogP contribution in [-0.4, -0.2) is 59.5 Å².